The molecule has 0 aliphatic heterocycles. The summed E-state index contributed by atoms with van der Waals surface area (Å²) >= 11 is 0. The van der Waals surface area contributed by atoms with Gasteiger partial charge in [0.25, 0.3) is 0 Å². The molecule has 0 radical (unpaired) electrons. The van der Waals surface area contributed by atoms with E-state index in [1.54, 1.807) is 20.8 Å². The molecule has 120 valence electrons. The molecule has 9 nitrogen and oxygen atoms in total. The molecule has 0 spiro atoms. The molecule has 2 amide bonds. The third-order valence-corrected chi connectivity index (χ3v) is 2.81. The highest BCUT2D eigenvalue weighted by atomic mass is 16.5. The molecular weight excluding hydrogens is 292 g/mol. The van der Waals surface area contributed by atoms with Crippen molar-refractivity contribution in [2.45, 2.75) is 20.8 Å². The van der Waals surface area contributed by atoms with Crippen LogP contribution in [0.15, 0.2) is 5.10 Å². The third-order valence-electron chi connectivity index (χ3n) is 2.81. The van der Waals surface area contributed by atoms with E-state index in [1.807, 2.05) is 5.43 Å². The number of methoxy groups -OCH3 is 1. The summed E-state index contributed by atoms with van der Waals surface area (Å²) in [6.07, 6.45) is 0. The maximum Gasteiger partial charge on any atom is 0.359 e. The molecule has 0 saturated heterocycles. The fourth-order valence-corrected chi connectivity index (χ4v) is 1.92. The maximum atomic E-state index is 11.9. The zero-order valence-electron chi connectivity index (χ0n) is 12.8. The van der Waals surface area contributed by atoms with Crippen molar-refractivity contribution in [2.24, 2.45) is 10.8 Å². The van der Waals surface area contributed by atoms with Crippen LogP contribution in [0.4, 0.5) is 4.79 Å². The van der Waals surface area contributed by atoms with E-state index in [1.165, 1.54) is 7.11 Å². The standard InChI is InChI=1S/C13H18N4O5/c1-5-22-12(19)9-6(2)8(7(3)15-9)10(11(18)21-4)16-17-13(14)20/h15H,5H2,1-4H3,(H3,14,17,20). The smallest absolute Gasteiger partial charge is 0.359 e. The Bertz CT molecular complexity index is 633. The van der Waals surface area contributed by atoms with Gasteiger partial charge >= 0.3 is 18.0 Å². The van der Waals surface area contributed by atoms with Crippen LogP contribution in [-0.2, 0) is 14.3 Å². The molecule has 0 fully saturated rings. The van der Waals surface area contributed by atoms with Crippen LogP contribution in [-0.4, -0.2) is 42.4 Å². The van der Waals surface area contributed by atoms with Gasteiger partial charge in [-0.2, -0.15) is 5.10 Å². The number of hydrogen-bond acceptors (Lipinski definition) is 6. The van der Waals surface area contributed by atoms with Gasteiger partial charge in [-0.25, -0.2) is 19.8 Å². The van der Waals surface area contributed by atoms with Crippen molar-refractivity contribution >= 4 is 23.7 Å². The Morgan fingerprint density at radius 2 is 1.95 bits per heavy atom. The van der Waals surface area contributed by atoms with Crippen molar-refractivity contribution in [3.05, 3.63) is 22.5 Å². The predicted molar refractivity (Wildman–Crippen MR) is 77.5 cm³/mol. The molecule has 0 aliphatic rings. The van der Waals surface area contributed by atoms with E-state index in [-0.39, 0.29) is 18.0 Å². The Kier molecular flexibility index (Phi) is 5.67. The molecular formula is C13H18N4O5. The van der Waals surface area contributed by atoms with Crippen LogP contribution >= 0.6 is 0 Å². The number of nitrogens with two attached hydrogens (primary N) is 1. The normalized spacial score (nSPS) is 11.0. The summed E-state index contributed by atoms with van der Waals surface area (Å²) in [6.45, 7) is 5.16. The third kappa shape index (κ3) is 3.62. The summed E-state index contributed by atoms with van der Waals surface area (Å²) < 4.78 is 9.56. The quantitative estimate of drug-likeness (QED) is 0.409. The number of hydrazone groups is 1. The van der Waals surface area contributed by atoms with Crippen molar-refractivity contribution < 1.29 is 23.9 Å². The molecule has 1 rings (SSSR count). The van der Waals surface area contributed by atoms with Crippen molar-refractivity contribution in [2.75, 3.05) is 13.7 Å². The highest BCUT2D eigenvalue weighted by Crippen LogP contribution is 2.20. The number of amides is 2. The molecule has 1 aromatic rings. The lowest BCUT2D eigenvalue weighted by Crippen LogP contribution is -2.29. The minimum atomic E-state index is -0.933. The van der Waals surface area contributed by atoms with Crippen molar-refractivity contribution in [1.82, 2.24) is 10.4 Å². The average Bonchev–Trinajstić information content (AvgIpc) is 2.75. The molecule has 0 aromatic carbocycles. The molecule has 0 atom stereocenters. The second kappa shape index (κ2) is 7.25. The number of esters is 2. The Balaban J connectivity index is 3.37. The van der Waals surface area contributed by atoms with Crippen LogP contribution in [0, 0.1) is 13.8 Å². The monoisotopic (exact) mass is 310 g/mol. The molecule has 0 unspecified atom stereocenters. The van der Waals surface area contributed by atoms with Crippen LogP contribution in [0.1, 0.15) is 34.2 Å². The van der Waals surface area contributed by atoms with Crippen LogP contribution in [0.25, 0.3) is 0 Å². The number of primary amides is 1. The van der Waals surface area contributed by atoms with E-state index < -0.39 is 18.0 Å². The first kappa shape index (κ1) is 17.2. The molecule has 1 heterocycles. The van der Waals surface area contributed by atoms with E-state index in [0.717, 1.165) is 0 Å². The number of aryl methyl sites for hydroxylation is 1. The number of urea groups is 1. The van der Waals surface area contributed by atoms with Gasteiger partial charge in [0, 0.05) is 11.3 Å². The number of H-pyrrole nitrogens is 1. The van der Waals surface area contributed by atoms with E-state index in [2.05, 4.69) is 14.8 Å². The average molecular weight is 310 g/mol. The van der Waals surface area contributed by atoms with Crippen molar-refractivity contribution in [3.63, 3.8) is 0 Å². The summed E-state index contributed by atoms with van der Waals surface area (Å²) in [5.74, 6) is -1.34. The van der Waals surface area contributed by atoms with Crippen LogP contribution < -0.4 is 11.2 Å². The highest BCUT2D eigenvalue weighted by Gasteiger charge is 2.26. The Morgan fingerprint density at radius 1 is 1.32 bits per heavy atom. The Hall–Kier alpha value is -2.84. The van der Waals surface area contributed by atoms with Crippen LogP contribution in [0.2, 0.25) is 0 Å². The van der Waals surface area contributed by atoms with Crippen molar-refractivity contribution in [1.29, 1.82) is 0 Å². The molecule has 22 heavy (non-hydrogen) atoms. The molecule has 0 saturated carbocycles. The SMILES string of the molecule is CCOC(=O)c1[nH]c(C)c(C(=NNC(N)=O)C(=O)OC)c1C. The van der Waals surface area contributed by atoms with Gasteiger partial charge in [0.05, 0.1) is 13.7 Å². The lowest BCUT2D eigenvalue weighted by Gasteiger charge is -2.06. The van der Waals surface area contributed by atoms with Gasteiger partial charge in [-0.15, -0.1) is 0 Å². The molecule has 4 N–H and O–H groups in total. The van der Waals surface area contributed by atoms with Gasteiger partial charge in [-0.05, 0) is 26.3 Å². The highest BCUT2D eigenvalue weighted by molar-refractivity contribution is 6.44. The summed E-state index contributed by atoms with van der Waals surface area (Å²) in [5, 5.41) is 3.65. The lowest BCUT2D eigenvalue weighted by molar-refractivity contribution is -0.132. The van der Waals surface area contributed by atoms with Gasteiger partial charge in [-0.3, -0.25) is 0 Å². The Labute approximate surface area is 126 Å². The molecule has 0 aliphatic carbocycles. The molecule has 9 heteroatoms. The van der Waals surface area contributed by atoms with Gasteiger partial charge in [0.15, 0.2) is 5.71 Å². The largest absolute Gasteiger partial charge is 0.464 e. The maximum absolute atomic E-state index is 11.9. The minimum Gasteiger partial charge on any atom is -0.464 e. The first-order valence-electron chi connectivity index (χ1n) is 6.41. The fraction of sp³-hybridized carbons (Fsp3) is 0.385. The van der Waals surface area contributed by atoms with E-state index in [9.17, 15) is 14.4 Å². The van der Waals surface area contributed by atoms with Gasteiger partial charge in [0.1, 0.15) is 5.69 Å². The van der Waals surface area contributed by atoms with Crippen LogP contribution in [0.5, 0.6) is 0 Å². The number of carbonyl (C=O) groups excluding carboxylic acids is 3. The van der Waals surface area contributed by atoms with Gasteiger partial charge in [0.2, 0.25) is 0 Å². The number of aromatic nitrogens is 1. The number of aromatic amines is 1. The van der Waals surface area contributed by atoms with Crippen LogP contribution in [0.3, 0.4) is 0 Å². The minimum absolute atomic E-state index is 0.178. The number of nitrogens with one attached hydrogen (secondary N) is 2. The summed E-state index contributed by atoms with van der Waals surface area (Å²) in [7, 11) is 1.17. The van der Waals surface area contributed by atoms with Gasteiger partial charge in [-0.1, -0.05) is 0 Å². The number of rotatable bonds is 5. The van der Waals surface area contributed by atoms with Gasteiger partial charge < -0.3 is 20.2 Å². The molecule has 1 aromatic heterocycles. The topological polar surface area (TPSA) is 136 Å². The Morgan fingerprint density at radius 3 is 2.45 bits per heavy atom. The zero-order chi connectivity index (χ0) is 16.9. The summed E-state index contributed by atoms with van der Waals surface area (Å²) in [4.78, 5) is 37.3. The summed E-state index contributed by atoms with van der Waals surface area (Å²) in [5.41, 5.74) is 8.22. The second-order valence-electron chi connectivity index (χ2n) is 4.27. The number of hydrogen-bond donors (Lipinski definition) is 3. The first-order chi connectivity index (χ1) is 10.3. The number of carbonyl (C=O) groups is 3. The lowest BCUT2D eigenvalue weighted by atomic mass is 10.1. The number of nitrogens with zero attached hydrogens (tertiary/aromatic N) is 1. The van der Waals surface area contributed by atoms with E-state index in [0.29, 0.717) is 16.8 Å². The van der Waals surface area contributed by atoms with E-state index in [4.69, 9.17) is 10.5 Å². The summed E-state index contributed by atoms with van der Waals surface area (Å²) in [6, 6.07) is -0.933. The van der Waals surface area contributed by atoms with E-state index >= 15 is 0 Å². The molecule has 0 bridgehead atoms. The second-order valence-corrected chi connectivity index (χ2v) is 4.27. The predicted octanol–water partition coefficient (Wildman–Crippen LogP) is 0.354. The zero-order valence-corrected chi connectivity index (χ0v) is 12.8. The van der Waals surface area contributed by atoms with Crippen molar-refractivity contribution in [3.8, 4) is 0 Å². The number of ether oxygens (including phenoxy) is 2. The first-order valence-corrected chi connectivity index (χ1v) is 6.41. The fourth-order valence-electron chi connectivity index (χ4n) is 1.92.